The number of unbranched alkanes of at least 4 members (excludes halogenated alkanes) is 1. The fraction of sp³-hybridized carbons (Fsp3) is 0.571. The fourth-order valence-corrected chi connectivity index (χ4v) is 2.00. The predicted molar refractivity (Wildman–Crippen MR) is 77.6 cm³/mol. The van der Waals surface area contributed by atoms with E-state index in [1.54, 1.807) is 6.20 Å². The highest BCUT2D eigenvalue weighted by molar-refractivity contribution is 5.81. The second-order valence-corrected chi connectivity index (χ2v) is 4.72. The summed E-state index contributed by atoms with van der Waals surface area (Å²) in [5, 5.41) is 9.30. The van der Waals surface area contributed by atoms with Crippen molar-refractivity contribution in [3.8, 4) is 0 Å². The van der Waals surface area contributed by atoms with Crippen LogP contribution in [0.25, 0.3) is 0 Å². The van der Waals surface area contributed by atoms with Gasteiger partial charge in [-0.25, -0.2) is 4.98 Å². The maximum Gasteiger partial charge on any atom is 0.239 e. The summed E-state index contributed by atoms with van der Waals surface area (Å²) in [6, 6.07) is 5.59. The molecule has 0 aromatic carbocycles. The molecule has 2 rings (SSSR count). The minimum absolute atomic E-state index is 0.0300. The van der Waals surface area contributed by atoms with Gasteiger partial charge in [-0.05, 0) is 25.0 Å². The normalized spacial score (nSPS) is 18.5. The van der Waals surface area contributed by atoms with E-state index in [1.165, 1.54) is 0 Å². The predicted octanol–water partition coefficient (Wildman–Crippen LogP) is 0.378. The van der Waals surface area contributed by atoms with Crippen molar-refractivity contribution in [3.63, 3.8) is 0 Å². The summed E-state index contributed by atoms with van der Waals surface area (Å²) in [4.78, 5) is 16.0. The highest BCUT2D eigenvalue weighted by Gasteiger charge is 2.20. The van der Waals surface area contributed by atoms with E-state index in [2.05, 4.69) is 20.9 Å². The molecule has 1 aliphatic heterocycles. The number of anilines is 1. The second kappa shape index (κ2) is 8.50. The molecule has 2 heterocycles. The quantitative estimate of drug-likeness (QED) is 0.629. The molecule has 1 aromatic rings. The van der Waals surface area contributed by atoms with Crippen LogP contribution in [0, 0.1) is 0 Å². The van der Waals surface area contributed by atoms with Gasteiger partial charge in [-0.1, -0.05) is 6.07 Å². The standard InChI is InChI=1S/C14H22N4O2/c19-14(12-11-20-10-9-15-12)18-8-4-3-7-17-13-5-1-2-6-16-13/h1-2,5-6,12,15H,3-4,7-11H2,(H,16,17)(H,18,19). The van der Waals surface area contributed by atoms with Crippen LogP contribution in [0.1, 0.15) is 12.8 Å². The number of carbonyl (C=O) groups is 1. The Hall–Kier alpha value is -1.66. The molecule has 0 spiro atoms. The van der Waals surface area contributed by atoms with Crippen molar-refractivity contribution >= 4 is 11.7 Å². The van der Waals surface area contributed by atoms with Gasteiger partial charge in [0, 0.05) is 25.8 Å². The number of morpholine rings is 1. The third-order valence-corrected chi connectivity index (χ3v) is 3.11. The minimum Gasteiger partial charge on any atom is -0.378 e. The molecule has 0 aliphatic carbocycles. The van der Waals surface area contributed by atoms with Gasteiger partial charge in [-0.3, -0.25) is 4.79 Å². The van der Waals surface area contributed by atoms with Gasteiger partial charge in [-0.2, -0.15) is 0 Å². The van der Waals surface area contributed by atoms with Gasteiger partial charge in [0.2, 0.25) is 5.91 Å². The number of hydrogen-bond acceptors (Lipinski definition) is 5. The first kappa shape index (κ1) is 14.7. The summed E-state index contributed by atoms with van der Waals surface area (Å²) in [6.07, 6.45) is 3.70. The molecule has 1 saturated heterocycles. The van der Waals surface area contributed by atoms with Gasteiger partial charge >= 0.3 is 0 Å². The molecule has 1 fully saturated rings. The summed E-state index contributed by atoms with van der Waals surface area (Å²) in [5.41, 5.74) is 0. The third-order valence-electron chi connectivity index (χ3n) is 3.11. The van der Waals surface area contributed by atoms with E-state index < -0.39 is 0 Å². The second-order valence-electron chi connectivity index (χ2n) is 4.72. The summed E-state index contributed by atoms with van der Waals surface area (Å²) >= 11 is 0. The van der Waals surface area contributed by atoms with E-state index in [0.29, 0.717) is 19.8 Å². The van der Waals surface area contributed by atoms with Gasteiger partial charge in [-0.15, -0.1) is 0 Å². The van der Waals surface area contributed by atoms with E-state index in [0.717, 1.165) is 31.7 Å². The Kier molecular flexibility index (Phi) is 6.26. The molecule has 110 valence electrons. The lowest BCUT2D eigenvalue weighted by molar-refractivity contribution is -0.125. The number of rotatable bonds is 7. The zero-order chi connectivity index (χ0) is 14.0. The van der Waals surface area contributed by atoms with Crippen molar-refractivity contribution in [2.75, 3.05) is 38.2 Å². The molecule has 1 aromatic heterocycles. The molecule has 0 saturated carbocycles. The highest BCUT2D eigenvalue weighted by atomic mass is 16.5. The van der Waals surface area contributed by atoms with Crippen LogP contribution in [0.5, 0.6) is 0 Å². The van der Waals surface area contributed by atoms with Gasteiger partial charge in [0.15, 0.2) is 0 Å². The van der Waals surface area contributed by atoms with Crippen LogP contribution in [0.4, 0.5) is 5.82 Å². The number of amides is 1. The zero-order valence-electron chi connectivity index (χ0n) is 11.6. The first-order valence-corrected chi connectivity index (χ1v) is 7.10. The molecule has 1 atom stereocenters. The molecular weight excluding hydrogens is 256 g/mol. The Morgan fingerprint density at radius 1 is 1.40 bits per heavy atom. The van der Waals surface area contributed by atoms with Crippen LogP contribution in [0.15, 0.2) is 24.4 Å². The van der Waals surface area contributed by atoms with Crippen LogP contribution in [-0.4, -0.2) is 49.8 Å². The molecule has 6 heteroatoms. The number of aromatic nitrogens is 1. The number of hydrogen-bond donors (Lipinski definition) is 3. The molecule has 0 radical (unpaired) electrons. The highest BCUT2D eigenvalue weighted by Crippen LogP contribution is 2.00. The summed E-state index contributed by atoms with van der Waals surface area (Å²) in [5.74, 6) is 0.919. The van der Waals surface area contributed by atoms with Crippen LogP contribution in [0.3, 0.4) is 0 Å². The summed E-state index contributed by atoms with van der Waals surface area (Å²) in [6.45, 7) is 3.45. The zero-order valence-corrected chi connectivity index (χ0v) is 11.6. The van der Waals surface area contributed by atoms with Crippen LogP contribution in [-0.2, 0) is 9.53 Å². The average Bonchev–Trinajstić information content (AvgIpc) is 2.52. The van der Waals surface area contributed by atoms with Crippen LogP contribution < -0.4 is 16.0 Å². The molecule has 1 amide bonds. The first-order valence-electron chi connectivity index (χ1n) is 7.10. The van der Waals surface area contributed by atoms with Crippen molar-refractivity contribution < 1.29 is 9.53 Å². The van der Waals surface area contributed by atoms with Gasteiger partial charge in [0.25, 0.3) is 0 Å². The number of carbonyl (C=O) groups excluding carboxylic acids is 1. The lowest BCUT2D eigenvalue weighted by Crippen LogP contribution is -2.51. The number of nitrogens with one attached hydrogen (secondary N) is 3. The van der Waals surface area contributed by atoms with Crippen molar-refractivity contribution in [2.24, 2.45) is 0 Å². The fourth-order valence-electron chi connectivity index (χ4n) is 2.00. The Balaban J connectivity index is 1.50. The maximum absolute atomic E-state index is 11.8. The Bertz CT molecular complexity index is 393. The topological polar surface area (TPSA) is 75.3 Å². The number of nitrogens with zero attached hydrogens (tertiary/aromatic N) is 1. The molecular formula is C14H22N4O2. The van der Waals surface area contributed by atoms with Crippen LogP contribution >= 0.6 is 0 Å². The summed E-state index contributed by atoms with van der Waals surface area (Å²) in [7, 11) is 0. The molecule has 0 bridgehead atoms. The Morgan fingerprint density at radius 3 is 3.05 bits per heavy atom. The first-order chi connectivity index (χ1) is 9.86. The third kappa shape index (κ3) is 5.14. The van der Waals surface area contributed by atoms with E-state index >= 15 is 0 Å². The van der Waals surface area contributed by atoms with Crippen molar-refractivity contribution in [1.29, 1.82) is 0 Å². The Morgan fingerprint density at radius 2 is 2.30 bits per heavy atom. The van der Waals surface area contributed by atoms with Gasteiger partial charge in [0.1, 0.15) is 11.9 Å². The molecule has 20 heavy (non-hydrogen) atoms. The van der Waals surface area contributed by atoms with Crippen molar-refractivity contribution in [2.45, 2.75) is 18.9 Å². The lowest BCUT2D eigenvalue weighted by Gasteiger charge is -2.22. The molecule has 3 N–H and O–H groups in total. The monoisotopic (exact) mass is 278 g/mol. The number of ether oxygens (including phenoxy) is 1. The van der Waals surface area contributed by atoms with E-state index in [1.807, 2.05) is 18.2 Å². The van der Waals surface area contributed by atoms with E-state index in [-0.39, 0.29) is 11.9 Å². The average molecular weight is 278 g/mol. The smallest absolute Gasteiger partial charge is 0.239 e. The lowest BCUT2D eigenvalue weighted by atomic mass is 10.2. The molecule has 1 aliphatic rings. The largest absolute Gasteiger partial charge is 0.378 e. The van der Waals surface area contributed by atoms with Gasteiger partial charge in [0.05, 0.1) is 13.2 Å². The van der Waals surface area contributed by atoms with Crippen molar-refractivity contribution in [1.82, 2.24) is 15.6 Å². The van der Waals surface area contributed by atoms with Crippen molar-refractivity contribution in [3.05, 3.63) is 24.4 Å². The van der Waals surface area contributed by atoms with Gasteiger partial charge < -0.3 is 20.7 Å². The van der Waals surface area contributed by atoms with Crippen LogP contribution in [0.2, 0.25) is 0 Å². The Labute approximate surface area is 119 Å². The maximum atomic E-state index is 11.8. The molecule has 6 nitrogen and oxygen atoms in total. The van der Waals surface area contributed by atoms with E-state index in [9.17, 15) is 4.79 Å². The summed E-state index contributed by atoms with van der Waals surface area (Å²) < 4.78 is 5.26. The number of pyridine rings is 1. The minimum atomic E-state index is -0.199. The SMILES string of the molecule is O=C(NCCCCNc1ccccn1)C1COCCN1. The molecule has 1 unspecified atom stereocenters. The van der Waals surface area contributed by atoms with E-state index in [4.69, 9.17) is 4.74 Å².